The first-order chi connectivity index (χ1) is 12.9. The van der Waals surface area contributed by atoms with Gasteiger partial charge in [0.1, 0.15) is 11.8 Å². The van der Waals surface area contributed by atoms with E-state index in [1.54, 1.807) is 4.90 Å². The van der Waals surface area contributed by atoms with Crippen LogP contribution in [0.15, 0.2) is 12.1 Å². The molecule has 0 radical (unpaired) electrons. The smallest absolute Gasteiger partial charge is 0.414 e. The summed E-state index contributed by atoms with van der Waals surface area (Å²) in [5.74, 6) is -0.896. The number of anilines is 2. The molecule has 4 rings (SSSR count). The number of amides is 2. The normalized spacial score (nSPS) is 29.0. The number of aliphatic hydroxyl groups is 1. The topological polar surface area (TPSA) is 82.1 Å². The first-order valence-corrected chi connectivity index (χ1v) is 8.96. The molecule has 0 aromatic heterocycles. The molecule has 9 heteroatoms. The number of ether oxygens (including phenoxy) is 1. The molecular weight excluding hydrogens is 360 g/mol. The van der Waals surface area contributed by atoms with E-state index in [1.807, 2.05) is 0 Å². The summed E-state index contributed by atoms with van der Waals surface area (Å²) in [5.41, 5.74) is -0.00772. The van der Waals surface area contributed by atoms with Gasteiger partial charge in [-0.3, -0.25) is 9.69 Å². The highest BCUT2D eigenvalue weighted by Gasteiger charge is 2.55. The summed E-state index contributed by atoms with van der Waals surface area (Å²) in [6, 6.07) is 2.27. The fourth-order valence-electron chi connectivity index (χ4n) is 4.21. The SMILES string of the molecule is CC(=O)NC[C@H]1CN(c2cc(F)c(N3C[C@@H]4C(CO)[C@@H]4C3)c(F)c2)C(=O)O1. The van der Waals surface area contributed by atoms with Gasteiger partial charge in [-0.05, 0) is 17.8 Å². The van der Waals surface area contributed by atoms with Gasteiger partial charge < -0.3 is 20.1 Å². The zero-order chi connectivity index (χ0) is 19.3. The molecule has 4 atom stereocenters. The molecular formula is C18H21F2N3O4. The van der Waals surface area contributed by atoms with Crippen LogP contribution < -0.4 is 15.1 Å². The van der Waals surface area contributed by atoms with Gasteiger partial charge in [-0.15, -0.1) is 0 Å². The van der Waals surface area contributed by atoms with E-state index < -0.39 is 23.8 Å². The summed E-state index contributed by atoms with van der Waals surface area (Å²) >= 11 is 0. The summed E-state index contributed by atoms with van der Waals surface area (Å²) in [7, 11) is 0. The van der Waals surface area contributed by atoms with Crippen LogP contribution in [-0.4, -0.2) is 56.0 Å². The average Bonchev–Trinajstić information content (AvgIpc) is 2.92. The van der Waals surface area contributed by atoms with Crippen molar-refractivity contribution in [2.75, 3.05) is 42.6 Å². The molecule has 1 aromatic carbocycles. The number of carbonyl (C=O) groups is 2. The highest BCUT2D eigenvalue weighted by molar-refractivity contribution is 5.90. The molecule has 3 aliphatic rings. The number of benzene rings is 1. The van der Waals surface area contributed by atoms with Crippen molar-refractivity contribution in [1.82, 2.24) is 5.32 Å². The quantitative estimate of drug-likeness (QED) is 0.798. The molecule has 27 heavy (non-hydrogen) atoms. The highest BCUT2D eigenvalue weighted by atomic mass is 19.1. The minimum atomic E-state index is -0.732. The summed E-state index contributed by atoms with van der Waals surface area (Å²) in [5, 5.41) is 11.8. The summed E-state index contributed by atoms with van der Waals surface area (Å²) < 4.78 is 34.4. The molecule has 7 nitrogen and oxygen atoms in total. The van der Waals surface area contributed by atoms with E-state index in [2.05, 4.69) is 5.32 Å². The van der Waals surface area contributed by atoms with Gasteiger partial charge in [0.2, 0.25) is 5.91 Å². The number of halogens is 2. The third-order valence-electron chi connectivity index (χ3n) is 5.66. The number of nitrogens with one attached hydrogen (secondary N) is 1. The number of carbonyl (C=O) groups excluding carboxylic acids is 2. The van der Waals surface area contributed by atoms with Gasteiger partial charge in [0.25, 0.3) is 0 Å². The van der Waals surface area contributed by atoms with Crippen LogP contribution in [0.5, 0.6) is 0 Å². The van der Waals surface area contributed by atoms with E-state index in [0.717, 1.165) is 17.0 Å². The third kappa shape index (κ3) is 3.20. The van der Waals surface area contributed by atoms with Crippen molar-refractivity contribution in [3.05, 3.63) is 23.8 Å². The second-order valence-corrected chi connectivity index (χ2v) is 7.39. The van der Waals surface area contributed by atoms with Gasteiger partial charge >= 0.3 is 6.09 Å². The van der Waals surface area contributed by atoms with Crippen molar-refractivity contribution in [3.63, 3.8) is 0 Å². The van der Waals surface area contributed by atoms with Crippen molar-refractivity contribution in [2.24, 2.45) is 17.8 Å². The summed E-state index contributed by atoms with van der Waals surface area (Å²) in [6.07, 6.45) is -1.28. The van der Waals surface area contributed by atoms with Gasteiger partial charge in [-0.1, -0.05) is 0 Å². The van der Waals surface area contributed by atoms with Gasteiger partial charge in [0.15, 0.2) is 11.6 Å². The number of piperidine rings is 1. The molecule has 2 amide bonds. The molecule has 1 aromatic rings. The Morgan fingerprint density at radius 3 is 2.44 bits per heavy atom. The van der Waals surface area contributed by atoms with Crippen LogP contribution >= 0.6 is 0 Å². The fraction of sp³-hybridized carbons (Fsp3) is 0.556. The maximum atomic E-state index is 14.6. The van der Waals surface area contributed by atoms with Gasteiger partial charge in [-0.25, -0.2) is 13.6 Å². The average molecular weight is 381 g/mol. The molecule has 0 bridgehead atoms. The summed E-state index contributed by atoms with van der Waals surface area (Å²) in [4.78, 5) is 25.8. The molecule has 0 spiro atoms. The maximum absolute atomic E-state index is 14.6. The van der Waals surface area contributed by atoms with Gasteiger partial charge in [-0.2, -0.15) is 0 Å². The second-order valence-electron chi connectivity index (χ2n) is 7.39. The second kappa shape index (κ2) is 6.63. The first kappa shape index (κ1) is 18.0. The Morgan fingerprint density at radius 2 is 1.89 bits per heavy atom. The zero-order valence-electron chi connectivity index (χ0n) is 14.8. The van der Waals surface area contributed by atoms with Crippen LogP contribution in [0, 0.1) is 29.4 Å². The molecule has 2 saturated heterocycles. The van der Waals surface area contributed by atoms with Crippen LogP contribution in [0.2, 0.25) is 0 Å². The number of hydrogen-bond donors (Lipinski definition) is 2. The van der Waals surface area contributed by atoms with Crippen LogP contribution in [0.1, 0.15) is 6.92 Å². The lowest BCUT2D eigenvalue weighted by molar-refractivity contribution is -0.119. The van der Waals surface area contributed by atoms with Crippen LogP contribution in [0.4, 0.5) is 25.0 Å². The Labute approximate surface area is 154 Å². The zero-order valence-corrected chi connectivity index (χ0v) is 14.8. The maximum Gasteiger partial charge on any atom is 0.414 e. The standard InChI is InChI=1S/C18H21F2N3O4/c1-9(25)21-4-11-5-23(18(26)27-11)10-2-15(19)17(16(20)3-10)22-6-12-13(7-22)14(12)8-24/h2-3,11-14,24H,4-8H2,1H3,(H,21,25)/t11-,12-,13+,14?/m0/s1. The number of fused-ring (bicyclic) bond motifs is 1. The lowest BCUT2D eigenvalue weighted by Gasteiger charge is -2.24. The predicted molar refractivity (Wildman–Crippen MR) is 92.4 cm³/mol. The molecule has 2 aliphatic heterocycles. The van der Waals surface area contributed by atoms with E-state index >= 15 is 0 Å². The Balaban J connectivity index is 1.48. The number of aliphatic hydroxyl groups excluding tert-OH is 1. The Bertz CT molecular complexity index is 755. The van der Waals surface area contributed by atoms with Gasteiger partial charge in [0, 0.05) is 38.8 Å². The fourth-order valence-corrected chi connectivity index (χ4v) is 4.21. The molecule has 1 saturated carbocycles. The van der Waals surface area contributed by atoms with E-state index in [0.29, 0.717) is 13.1 Å². The molecule has 2 heterocycles. The number of cyclic esters (lactones) is 1. The number of rotatable bonds is 5. The van der Waals surface area contributed by atoms with Crippen molar-refractivity contribution in [3.8, 4) is 0 Å². The minimum Gasteiger partial charge on any atom is -0.442 e. The van der Waals surface area contributed by atoms with E-state index in [-0.39, 0.29) is 54.7 Å². The van der Waals surface area contributed by atoms with Crippen molar-refractivity contribution in [1.29, 1.82) is 0 Å². The monoisotopic (exact) mass is 381 g/mol. The van der Waals surface area contributed by atoms with E-state index in [9.17, 15) is 23.5 Å². The van der Waals surface area contributed by atoms with Crippen LogP contribution in [0.25, 0.3) is 0 Å². The first-order valence-electron chi connectivity index (χ1n) is 8.96. The molecule has 146 valence electrons. The van der Waals surface area contributed by atoms with Crippen LogP contribution in [-0.2, 0) is 9.53 Å². The predicted octanol–water partition coefficient (Wildman–Crippen LogP) is 1.10. The Morgan fingerprint density at radius 1 is 1.26 bits per heavy atom. The lowest BCUT2D eigenvalue weighted by atomic mass is 10.2. The van der Waals surface area contributed by atoms with E-state index in [1.165, 1.54) is 6.92 Å². The Hall–Kier alpha value is -2.42. The third-order valence-corrected chi connectivity index (χ3v) is 5.66. The Kier molecular flexibility index (Phi) is 4.41. The largest absolute Gasteiger partial charge is 0.442 e. The van der Waals surface area contributed by atoms with Crippen molar-refractivity contribution < 1.29 is 28.2 Å². The minimum absolute atomic E-state index is 0.0849. The van der Waals surface area contributed by atoms with Crippen LogP contribution in [0.3, 0.4) is 0 Å². The lowest BCUT2D eigenvalue weighted by Crippen LogP contribution is -2.33. The van der Waals surface area contributed by atoms with Crippen molar-refractivity contribution >= 4 is 23.4 Å². The number of nitrogens with zero attached hydrogens (tertiary/aromatic N) is 2. The van der Waals surface area contributed by atoms with Crippen molar-refractivity contribution in [2.45, 2.75) is 13.0 Å². The molecule has 3 fully saturated rings. The number of hydrogen-bond acceptors (Lipinski definition) is 5. The highest BCUT2D eigenvalue weighted by Crippen LogP contribution is 2.52. The molecule has 1 aliphatic carbocycles. The molecule has 2 N–H and O–H groups in total. The summed E-state index contributed by atoms with van der Waals surface area (Å²) in [6.45, 7) is 2.75. The van der Waals surface area contributed by atoms with E-state index in [4.69, 9.17) is 4.74 Å². The molecule has 1 unspecified atom stereocenters. The van der Waals surface area contributed by atoms with Gasteiger partial charge in [0.05, 0.1) is 18.8 Å².